The second kappa shape index (κ2) is 11.9. The van der Waals surface area contributed by atoms with E-state index in [1.54, 1.807) is 34.6 Å². The van der Waals surface area contributed by atoms with Crippen LogP contribution in [0.5, 0.6) is 0 Å². The van der Waals surface area contributed by atoms with Crippen LogP contribution in [0.25, 0.3) is 0 Å². The fourth-order valence-electron chi connectivity index (χ4n) is 13.7. The van der Waals surface area contributed by atoms with Crippen LogP contribution >= 0.6 is 0 Å². The summed E-state index contributed by atoms with van der Waals surface area (Å²) in [5.74, 6) is -11.2. The standard InChI is InChI=1S/C40H57NO14/c1-13(2)33(46)52-28-20-22-26(44)24-21(15(5)31-40(53-31)38(24,10)39(11,35(48)55-40)54-34(47)14(3)4)37(22,9)32(50-17(7)43)29(49-16(6)42)23(20)36(8)18(25(28)41)12-19-27(51-19)30(36)45/h13-15,18-32,44-45H,12,41H2,1-11H3/t15-,18+,19-,20?,21-,22+,23?,24-,25+,26+,27-,28+,29-,30-,31+,32-,36-,37+,38-,39+,40-/m0/s1. The van der Waals surface area contributed by atoms with Crippen LogP contribution in [0.15, 0.2) is 0 Å². The molecule has 0 amide bonds. The van der Waals surface area contributed by atoms with Gasteiger partial charge in [-0.3, -0.25) is 19.2 Å². The first-order chi connectivity index (χ1) is 25.5. The number of esters is 5. The number of ether oxygens (including phenoxy) is 7. The van der Waals surface area contributed by atoms with Gasteiger partial charge in [0.15, 0.2) is 0 Å². The Kier molecular flexibility index (Phi) is 8.41. The summed E-state index contributed by atoms with van der Waals surface area (Å²) in [5.41, 5.74) is 1.40. The molecule has 5 saturated carbocycles. The van der Waals surface area contributed by atoms with E-state index in [4.69, 9.17) is 38.9 Å². The van der Waals surface area contributed by atoms with Gasteiger partial charge in [-0.25, -0.2) is 4.79 Å². The second-order valence-corrected chi connectivity index (χ2v) is 19.3. The van der Waals surface area contributed by atoms with Gasteiger partial charge in [0.2, 0.25) is 5.60 Å². The predicted octanol–water partition coefficient (Wildman–Crippen LogP) is 1.65. The number of epoxide rings is 2. The van der Waals surface area contributed by atoms with Crippen molar-refractivity contribution in [2.45, 2.75) is 149 Å². The molecule has 21 atom stereocenters. The van der Waals surface area contributed by atoms with Crippen LogP contribution < -0.4 is 5.73 Å². The van der Waals surface area contributed by atoms with Gasteiger partial charge in [-0.1, -0.05) is 48.5 Å². The highest BCUT2D eigenvalue weighted by Gasteiger charge is 2.94. The zero-order valence-electron chi connectivity index (χ0n) is 33.5. The summed E-state index contributed by atoms with van der Waals surface area (Å²) < 4.78 is 43.7. The number of carbonyl (C=O) groups is 5. The topological polar surface area (TPSA) is 223 Å². The Morgan fingerprint density at radius 3 is 2.04 bits per heavy atom. The Hall–Kier alpha value is -2.85. The van der Waals surface area contributed by atoms with Gasteiger partial charge in [0.05, 0.1) is 35.6 Å². The van der Waals surface area contributed by atoms with E-state index in [9.17, 15) is 34.2 Å². The Morgan fingerprint density at radius 2 is 1.45 bits per heavy atom. The van der Waals surface area contributed by atoms with Crippen molar-refractivity contribution in [3.8, 4) is 0 Å². The largest absolute Gasteiger partial charge is 0.460 e. The minimum Gasteiger partial charge on any atom is -0.460 e. The van der Waals surface area contributed by atoms with Crippen molar-refractivity contribution in [2.24, 2.45) is 75.2 Å². The third kappa shape index (κ3) is 4.59. The highest BCUT2D eigenvalue weighted by atomic mass is 16.8. The average molecular weight is 776 g/mol. The first-order valence-corrected chi connectivity index (χ1v) is 19.9. The summed E-state index contributed by atoms with van der Waals surface area (Å²) in [6.07, 6.45) is -6.96. The van der Waals surface area contributed by atoms with Crippen molar-refractivity contribution in [1.82, 2.24) is 0 Å². The molecule has 0 radical (unpaired) electrons. The zero-order chi connectivity index (χ0) is 40.4. The maximum Gasteiger partial charge on any atom is 0.353 e. The SMILES string of the molecule is CC(=O)O[C@H]1C2C([C@@H](OC(=O)C(C)C)[C@H](N)[C@H]3C[C@@H]4O[C@@H]4[C@H](O)[C@]23C)[C@@H]2[C@@H](O)[C@@H]3[C@H]([C@H](C)[C@H]4O[C@]45OC(=O)[C@@](C)(OC(=O)C(C)C)[C@]35C)[C@@]2(C)[C@H]1OC(C)=O. The molecule has 4 N–H and O–H groups in total. The zero-order valence-corrected chi connectivity index (χ0v) is 33.5. The Balaban J connectivity index is 1.39. The molecule has 15 nitrogen and oxygen atoms in total. The fourth-order valence-corrected chi connectivity index (χ4v) is 13.7. The van der Waals surface area contributed by atoms with Crippen molar-refractivity contribution in [3.63, 3.8) is 0 Å². The van der Waals surface area contributed by atoms with E-state index in [0.717, 1.165) is 0 Å². The van der Waals surface area contributed by atoms with Crippen molar-refractivity contribution < 1.29 is 67.3 Å². The molecular weight excluding hydrogens is 718 g/mol. The lowest BCUT2D eigenvalue weighted by atomic mass is 9.40. The quantitative estimate of drug-likeness (QED) is 0.198. The normalized spacial score (nSPS) is 54.9. The molecule has 8 aliphatic rings. The maximum absolute atomic E-state index is 14.1. The van der Waals surface area contributed by atoms with Crippen molar-refractivity contribution in [1.29, 1.82) is 0 Å². The van der Waals surface area contributed by atoms with Gasteiger partial charge in [0.25, 0.3) is 5.79 Å². The third-order valence-corrected chi connectivity index (χ3v) is 16.2. The minimum absolute atomic E-state index is 0.266. The molecule has 3 aliphatic heterocycles. The number of hydrogen-bond acceptors (Lipinski definition) is 15. The van der Waals surface area contributed by atoms with Crippen LogP contribution in [0.4, 0.5) is 0 Å². The monoisotopic (exact) mass is 775 g/mol. The van der Waals surface area contributed by atoms with E-state index in [0.29, 0.717) is 6.42 Å². The summed E-state index contributed by atoms with van der Waals surface area (Å²) in [5, 5.41) is 25.6. The lowest BCUT2D eigenvalue weighted by Gasteiger charge is -2.67. The summed E-state index contributed by atoms with van der Waals surface area (Å²) in [4.78, 5) is 67.7. The number of carbonyl (C=O) groups excluding carboxylic acids is 5. The number of nitrogens with two attached hydrogens (primary N) is 1. The molecule has 55 heavy (non-hydrogen) atoms. The van der Waals surface area contributed by atoms with Gasteiger partial charge in [-0.2, -0.15) is 0 Å². The van der Waals surface area contributed by atoms with Crippen LogP contribution in [-0.2, 0) is 57.1 Å². The van der Waals surface area contributed by atoms with Gasteiger partial charge in [-0.15, -0.1) is 0 Å². The Bertz CT molecular complexity index is 1720. The van der Waals surface area contributed by atoms with Gasteiger partial charge in [-0.05, 0) is 38.0 Å². The first-order valence-electron chi connectivity index (χ1n) is 19.9. The molecule has 1 spiro atoms. The summed E-state index contributed by atoms with van der Waals surface area (Å²) in [6.45, 7) is 18.2. The van der Waals surface area contributed by atoms with Crippen molar-refractivity contribution >= 4 is 29.8 Å². The van der Waals surface area contributed by atoms with Gasteiger partial charge in [0, 0.05) is 54.4 Å². The maximum atomic E-state index is 14.1. The smallest absolute Gasteiger partial charge is 0.353 e. The Morgan fingerprint density at radius 1 is 0.836 bits per heavy atom. The lowest BCUT2D eigenvalue weighted by molar-refractivity contribution is -0.285. The van der Waals surface area contributed by atoms with E-state index in [1.165, 1.54) is 20.8 Å². The molecule has 8 rings (SSSR count). The minimum atomic E-state index is -1.93. The van der Waals surface area contributed by atoms with Crippen LogP contribution in [0.1, 0.15) is 82.6 Å². The van der Waals surface area contributed by atoms with Crippen LogP contribution in [0.2, 0.25) is 0 Å². The summed E-state index contributed by atoms with van der Waals surface area (Å²) >= 11 is 0. The van der Waals surface area contributed by atoms with Crippen LogP contribution in [-0.4, -0.2) is 106 Å². The highest BCUT2D eigenvalue weighted by molar-refractivity contribution is 5.88. The molecule has 15 heteroatoms. The molecule has 5 aliphatic carbocycles. The molecule has 0 aromatic carbocycles. The average Bonchev–Trinajstić information content (AvgIpc) is 3.99. The first kappa shape index (κ1) is 39.0. The number of hydrogen-bond donors (Lipinski definition) is 3. The number of fused-ring (bicyclic) bond motifs is 9. The fraction of sp³-hybridized carbons (Fsp3) is 0.875. The van der Waals surface area contributed by atoms with E-state index in [1.807, 2.05) is 20.8 Å². The molecule has 3 heterocycles. The van der Waals surface area contributed by atoms with E-state index < -0.39 is 160 Å². The lowest BCUT2D eigenvalue weighted by Crippen LogP contribution is -2.76. The third-order valence-electron chi connectivity index (χ3n) is 16.2. The molecule has 3 saturated heterocycles. The number of rotatable bonds is 6. The Labute approximate surface area is 320 Å². The van der Waals surface area contributed by atoms with E-state index in [2.05, 4.69) is 0 Å². The molecule has 8 fully saturated rings. The van der Waals surface area contributed by atoms with Gasteiger partial charge >= 0.3 is 29.8 Å². The molecule has 2 unspecified atom stereocenters. The van der Waals surface area contributed by atoms with Gasteiger partial charge < -0.3 is 49.1 Å². The predicted molar refractivity (Wildman–Crippen MR) is 187 cm³/mol. The van der Waals surface area contributed by atoms with Crippen LogP contribution in [0.3, 0.4) is 0 Å². The van der Waals surface area contributed by atoms with E-state index in [-0.39, 0.29) is 6.10 Å². The molecular formula is C40H57NO14. The molecule has 0 bridgehead atoms. The number of aliphatic hydroxyl groups is 2. The summed E-state index contributed by atoms with van der Waals surface area (Å²) in [7, 11) is 0. The van der Waals surface area contributed by atoms with Crippen molar-refractivity contribution in [3.05, 3.63) is 0 Å². The highest BCUT2D eigenvalue weighted by Crippen LogP contribution is 2.81. The van der Waals surface area contributed by atoms with Gasteiger partial charge in [0.1, 0.15) is 30.5 Å². The number of aliphatic hydroxyl groups excluding tert-OH is 2. The van der Waals surface area contributed by atoms with Crippen LogP contribution in [0, 0.1) is 69.5 Å². The second-order valence-electron chi connectivity index (χ2n) is 19.3. The summed E-state index contributed by atoms with van der Waals surface area (Å²) in [6, 6.07) is -0.846. The molecule has 306 valence electrons. The van der Waals surface area contributed by atoms with Crippen molar-refractivity contribution in [2.75, 3.05) is 0 Å². The van der Waals surface area contributed by atoms with E-state index >= 15 is 0 Å². The molecule has 0 aromatic heterocycles. The molecule has 0 aromatic rings.